The fraction of sp³-hybridized carbons (Fsp3) is 0.533. The number of nitrogens with zero attached hydrogens (tertiary/aromatic N) is 1. The van der Waals surface area contributed by atoms with E-state index >= 15 is 0 Å². The van der Waals surface area contributed by atoms with Gasteiger partial charge in [-0.3, -0.25) is 4.79 Å². The maximum absolute atomic E-state index is 11.7. The van der Waals surface area contributed by atoms with Crippen LogP contribution in [0, 0.1) is 12.8 Å². The van der Waals surface area contributed by atoms with Crippen LogP contribution in [0.15, 0.2) is 22.7 Å². The van der Waals surface area contributed by atoms with Crippen molar-refractivity contribution in [3.63, 3.8) is 0 Å². The first kappa shape index (κ1) is 14.4. The van der Waals surface area contributed by atoms with Crippen LogP contribution in [0.3, 0.4) is 0 Å². The third-order valence-corrected chi connectivity index (χ3v) is 4.11. The first-order chi connectivity index (χ1) is 9.11. The Morgan fingerprint density at radius 3 is 2.68 bits per heavy atom. The predicted octanol–water partition coefficient (Wildman–Crippen LogP) is 3.54. The molecule has 0 saturated carbocycles. The highest BCUT2D eigenvalue weighted by Crippen LogP contribution is 2.28. The Kier molecular flexibility index (Phi) is 4.86. The minimum absolute atomic E-state index is 0.0327. The summed E-state index contributed by atoms with van der Waals surface area (Å²) in [5, 5.41) is 0. The van der Waals surface area contributed by atoms with E-state index in [1.807, 2.05) is 6.92 Å². The molecule has 0 N–H and O–H groups in total. The average molecular weight is 326 g/mol. The molecular formula is C15H20BrNO2. The van der Waals surface area contributed by atoms with Gasteiger partial charge in [-0.25, -0.2) is 0 Å². The van der Waals surface area contributed by atoms with Gasteiger partial charge in [-0.2, -0.15) is 0 Å². The van der Waals surface area contributed by atoms with Crippen LogP contribution < -0.4 is 4.90 Å². The number of piperidine rings is 1. The molecule has 0 aliphatic carbocycles. The molecule has 0 atom stereocenters. The molecule has 1 aliphatic heterocycles. The highest BCUT2D eigenvalue weighted by Gasteiger charge is 2.26. The van der Waals surface area contributed by atoms with Gasteiger partial charge >= 0.3 is 5.97 Å². The second-order valence-electron chi connectivity index (χ2n) is 4.94. The van der Waals surface area contributed by atoms with Gasteiger partial charge in [0.15, 0.2) is 0 Å². The van der Waals surface area contributed by atoms with E-state index < -0.39 is 0 Å². The van der Waals surface area contributed by atoms with Gasteiger partial charge in [0.25, 0.3) is 0 Å². The molecule has 1 heterocycles. The molecule has 1 fully saturated rings. The van der Waals surface area contributed by atoms with Gasteiger partial charge in [0, 0.05) is 23.2 Å². The Balaban J connectivity index is 1.98. The molecular weight excluding hydrogens is 306 g/mol. The number of rotatable bonds is 3. The number of halogens is 1. The minimum atomic E-state index is -0.0327. The SMILES string of the molecule is CCOC(=O)C1CCN(c2ccc(Br)cc2C)CC1. The Morgan fingerprint density at radius 1 is 1.42 bits per heavy atom. The summed E-state index contributed by atoms with van der Waals surface area (Å²) < 4.78 is 6.20. The third-order valence-electron chi connectivity index (χ3n) is 3.61. The first-order valence-corrected chi connectivity index (χ1v) is 7.59. The van der Waals surface area contributed by atoms with E-state index in [1.165, 1.54) is 11.3 Å². The summed E-state index contributed by atoms with van der Waals surface area (Å²) in [6.07, 6.45) is 1.77. The summed E-state index contributed by atoms with van der Waals surface area (Å²) in [6.45, 7) is 6.30. The molecule has 0 spiro atoms. The lowest BCUT2D eigenvalue weighted by atomic mass is 9.96. The van der Waals surface area contributed by atoms with E-state index in [-0.39, 0.29) is 11.9 Å². The van der Waals surface area contributed by atoms with Crippen molar-refractivity contribution in [3.05, 3.63) is 28.2 Å². The van der Waals surface area contributed by atoms with Crippen LogP contribution in [0.25, 0.3) is 0 Å². The van der Waals surface area contributed by atoms with E-state index in [0.717, 1.165) is 30.4 Å². The van der Waals surface area contributed by atoms with E-state index in [4.69, 9.17) is 4.74 Å². The second-order valence-corrected chi connectivity index (χ2v) is 5.86. The van der Waals surface area contributed by atoms with Gasteiger partial charge in [-0.1, -0.05) is 15.9 Å². The van der Waals surface area contributed by atoms with Gasteiger partial charge in [-0.05, 0) is 50.5 Å². The Labute approximate surface area is 123 Å². The van der Waals surface area contributed by atoms with Crippen LogP contribution in [0.1, 0.15) is 25.3 Å². The number of benzene rings is 1. The fourth-order valence-electron chi connectivity index (χ4n) is 2.59. The van der Waals surface area contributed by atoms with E-state index in [1.54, 1.807) is 0 Å². The summed E-state index contributed by atoms with van der Waals surface area (Å²) in [7, 11) is 0. The van der Waals surface area contributed by atoms with Crippen LogP contribution in [0.2, 0.25) is 0 Å². The highest BCUT2D eigenvalue weighted by molar-refractivity contribution is 9.10. The molecule has 1 saturated heterocycles. The number of anilines is 1. The molecule has 1 aromatic rings. The lowest BCUT2D eigenvalue weighted by Crippen LogP contribution is -2.37. The van der Waals surface area contributed by atoms with E-state index in [2.05, 4.69) is 46.0 Å². The largest absolute Gasteiger partial charge is 0.466 e. The van der Waals surface area contributed by atoms with Gasteiger partial charge in [0.05, 0.1) is 12.5 Å². The van der Waals surface area contributed by atoms with Gasteiger partial charge in [0.2, 0.25) is 0 Å². The Morgan fingerprint density at radius 2 is 2.11 bits per heavy atom. The smallest absolute Gasteiger partial charge is 0.309 e. The van der Waals surface area contributed by atoms with Crippen LogP contribution in [-0.2, 0) is 9.53 Å². The molecule has 2 rings (SSSR count). The van der Waals surface area contributed by atoms with Crippen LogP contribution in [-0.4, -0.2) is 25.7 Å². The molecule has 3 nitrogen and oxygen atoms in total. The quantitative estimate of drug-likeness (QED) is 0.796. The lowest BCUT2D eigenvalue weighted by molar-refractivity contribution is -0.148. The van der Waals surface area contributed by atoms with Crippen molar-refractivity contribution >= 4 is 27.6 Å². The van der Waals surface area contributed by atoms with Crippen molar-refractivity contribution in [1.82, 2.24) is 0 Å². The summed E-state index contributed by atoms with van der Waals surface area (Å²) >= 11 is 3.49. The van der Waals surface area contributed by atoms with E-state index in [9.17, 15) is 4.79 Å². The minimum Gasteiger partial charge on any atom is -0.466 e. The van der Waals surface area contributed by atoms with Crippen LogP contribution in [0.5, 0.6) is 0 Å². The fourth-order valence-corrected chi connectivity index (χ4v) is 3.07. The number of ether oxygens (including phenoxy) is 1. The molecule has 0 bridgehead atoms. The summed E-state index contributed by atoms with van der Waals surface area (Å²) in [5.74, 6) is 0.0432. The van der Waals surface area contributed by atoms with Crippen molar-refractivity contribution < 1.29 is 9.53 Å². The van der Waals surface area contributed by atoms with Gasteiger partial charge in [-0.15, -0.1) is 0 Å². The number of esters is 1. The molecule has 0 unspecified atom stereocenters. The van der Waals surface area contributed by atoms with Crippen molar-refractivity contribution in [2.45, 2.75) is 26.7 Å². The van der Waals surface area contributed by atoms with Crippen molar-refractivity contribution in [2.24, 2.45) is 5.92 Å². The second kappa shape index (κ2) is 6.42. The molecule has 19 heavy (non-hydrogen) atoms. The highest BCUT2D eigenvalue weighted by atomic mass is 79.9. The zero-order chi connectivity index (χ0) is 13.8. The number of carbonyl (C=O) groups excluding carboxylic acids is 1. The summed E-state index contributed by atoms with van der Waals surface area (Å²) in [4.78, 5) is 14.1. The average Bonchev–Trinajstić information content (AvgIpc) is 2.39. The number of carbonyl (C=O) groups is 1. The van der Waals surface area contributed by atoms with Crippen LogP contribution in [0.4, 0.5) is 5.69 Å². The van der Waals surface area contributed by atoms with Gasteiger partial charge in [0.1, 0.15) is 0 Å². The van der Waals surface area contributed by atoms with Crippen LogP contribution >= 0.6 is 15.9 Å². The van der Waals surface area contributed by atoms with Gasteiger partial charge < -0.3 is 9.64 Å². The molecule has 0 aromatic heterocycles. The normalized spacial score (nSPS) is 16.5. The summed E-state index contributed by atoms with van der Waals surface area (Å²) in [6, 6.07) is 6.34. The Hall–Kier alpha value is -1.03. The molecule has 104 valence electrons. The number of hydrogen-bond acceptors (Lipinski definition) is 3. The van der Waals surface area contributed by atoms with E-state index in [0.29, 0.717) is 6.61 Å². The van der Waals surface area contributed by atoms with Crippen molar-refractivity contribution in [3.8, 4) is 0 Å². The standard InChI is InChI=1S/C15H20BrNO2/c1-3-19-15(18)12-6-8-17(9-7-12)14-5-4-13(16)10-11(14)2/h4-5,10,12H,3,6-9H2,1-2H3. The molecule has 4 heteroatoms. The molecule has 0 amide bonds. The third kappa shape index (κ3) is 3.50. The summed E-state index contributed by atoms with van der Waals surface area (Å²) in [5.41, 5.74) is 2.54. The number of hydrogen-bond donors (Lipinski definition) is 0. The van der Waals surface area contributed by atoms with Crippen molar-refractivity contribution in [2.75, 3.05) is 24.6 Å². The zero-order valence-corrected chi connectivity index (χ0v) is 13.1. The maximum atomic E-state index is 11.7. The first-order valence-electron chi connectivity index (χ1n) is 6.79. The monoisotopic (exact) mass is 325 g/mol. The topological polar surface area (TPSA) is 29.5 Å². The van der Waals surface area contributed by atoms with Crippen molar-refractivity contribution in [1.29, 1.82) is 0 Å². The number of aryl methyl sites for hydroxylation is 1. The maximum Gasteiger partial charge on any atom is 0.309 e. The lowest BCUT2D eigenvalue weighted by Gasteiger charge is -2.33. The zero-order valence-electron chi connectivity index (χ0n) is 11.5. The Bertz CT molecular complexity index is 453. The predicted molar refractivity (Wildman–Crippen MR) is 80.4 cm³/mol. The molecule has 1 aromatic carbocycles. The molecule has 1 aliphatic rings. The molecule has 0 radical (unpaired) electrons.